The summed E-state index contributed by atoms with van der Waals surface area (Å²) in [5.41, 5.74) is 6.81. The van der Waals surface area contributed by atoms with E-state index in [-0.39, 0.29) is 0 Å². The molecule has 0 aliphatic heterocycles. The lowest BCUT2D eigenvalue weighted by Gasteiger charge is -2.30. The maximum atomic E-state index is 11.1. The number of hydrogen-bond donors (Lipinski definition) is 3. The number of benzene rings is 1. The fourth-order valence-electron chi connectivity index (χ4n) is 2.70. The third kappa shape index (κ3) is 7.56. The molecule has 0 radical (unpaired) electrons. The van der Waals surface area contributed by atoms with Gasteiger partial charge in [0.25, 0.3) is 0 Å². The van der Waals surface area contributed by atoms with Gasteiger partial charge in [-0.2, -0.15) is 0 Å². The van der Waals surface area contributed by atoms with E-state index in [1.807, 2.05) is 19.1 Å². The molecule has 6 heteroatoms. The van der Waals surface area contributed by atoms with Gasteiger partial charge in [0, 0.05) is 37.3 Å². The molecule has 6 nitrogen and oxygen atoms in total. The highest BCUT2D eigenvalue weighted by atomic mass is 16.1. The van der Waals surface area contributed by atoms with E-state index in [9.17, 15) is 4.79 Å². The third-order valence-electron chi connectivity index (χ3n) is 3.99. The zero-order valence-electron chi connectivity index (χ0n) is 16.2. The molecule has 4 N–H and O–H groups in total. The highest BCUT2D eigenvalue weighted by Crippen LogP contribution is 2.05. The fourth-order valence-corrected chi connectivity index (χ4v) is 2.70. The summed E-state index contributed by atoms with van der Waals surface area (Å²) in [6, 6.07) is 8.27. The summed E-state index contributed by atoms with van der Waals surface area (Å²) in [6.45, 7) is 14.1. The van der Waals surface area contributed by atoms with Gasteiger partial charge in [0.2, 0.25) is 5.91 Å². The lowest BCUT2D eigenvalue weighted by atomic mass is 10.1. The molecule has 0 aliphatic carbocycles. The molecule has 1 aromatic rings. The van der Waals surface area contributed by atoms with Gasteiger partial charge in [-0.05, 0) is 52.3 Å². The molecular weight excluding hydrogens is 314 g/mol. The van der Waals surface area contributed by atoms with Crippen LogP contribution in [0.5, 0.6) is 0 Å². The van der Waals surface area contributed by atoms with Crippen LogP contribution in [0.25, 0.3) is 0 Å². The van der Waals surface area contributed by atoms with Crippen molar-refractivity contribution in [3.05, 3.63) is 35.4 Å². The SMILES string of the molecule is CCNC(=NCc1ccc(C(N)=O)cc1)NCCN(C(C)C)C(C)C. The predicted molar refractivity (Wildman–Crippen MR) is 105 cm³/mol. The second kappa shape index (κ2) is 10.7. The normalized spacial score (nSPS) is 12.1. The maximum Gasteiger partial charge on any atom is 0.248 e. The van der Waals surface area contributed by atoms with Crippen molar-refractivity contribution in [2.24, 2.45) is 10.7 Å². The summed E-state index contributed by atoms with van der Waals surface area (Å²) in [6.07, 6.45) is 0. The van der Waals surface area contributed by atoms with Crippen LogP contribution < -0.4 is 16.4 Å². The topological polar surface area (TPSA) is 82.7 Å². The summed E-state index contributed by atoms with van der Waals surface area (Å²) < 4.78 is 0. The van der Waals surface area contributed by atoms with Gasteiger partial charge >= 0.3 is 0 Å². The minimum atomic E-state index is -0.412. The Morgan fingerprint density at radius 2 is 1.72 bits per heavy atom. The maximum absolute atomic E-state index is 11.1. The molecule has 0 aromatic heterocycles. The summed E-state index contributed by atoms with van der Waals surface area (Å²) in [5.74, 6) is 0.388. The van der Waals surface area contributed by atoms with Crippen LogP contribution in [0.3, 0.4) is 0 Å². The molecule has 1 amide bonds. The van der Waals surface area contributed by atoms with E-state index in [2.05, 4.69) is 48.2 Å². The van der Waals surface area contributed by atoms with Gasteiger partial charge in [0.15, 0.2) is 5.96 Å². The smallest absolute Gasteiger partial charge is 0.248 e. The summed E-state index contributed by atoms with van der Waals surface area (Å²) in [7, 11) is 0. The molecule has 25 heavy (non-hydrogen) atoms. The van der Waals surface area contributed by atoms with Gasteiger partial charge in [-0.15, -0.1) is 0 Å². The number of guanidine groups is 1. The third-order valence-corrected chi connectivity index (χ3v) is 3.99. The number of hydrogen-bond acceptors (Lipinski definition) is 3. The van der Waals surface area contributed by atoms with Crippen LogP contribution in [0.15, 0.2) is 29.3 Å². The zero-order chi connectivity index (χ0) is 18.8. The first-order valence-electron chi connectivity index (χ1n) is 9.01. The molecule has 0 bridgehead atoms. The number of nitrogens with zero attached hydrogens (tertiary/aromatic N) is 2. The van der Waals surface area contributed by atoms with Crippen LogP contribution in [-0.4, -0.2) is 48.5 Å². The number of carbonyl (C=O) groups is 1. The standard InChI is InChI=1S/C19H33N5O/c1-6-21-19(22-11-12-24(14(2)3)15(4)5)23-13-16-7-9-17(10-8-16)18(20)25/h7-10,14-15H,6,11-13H2,1-5H3,(H2,20,25)(H2,21,22,23). The van der Waals surface area contributed by atoms with E-state index in [0.717, 1.165) is 31.2 Å². The average molecular weight is 348 g/mol. The number of nitrogens with two attached hydrogens (primary N) is 1. The summed E-state index contributed by atoms with van der Waals surface area (Å²) >= 11 is 0. The molecule has 0 aliphatic rings. The molecule has 1 aromatic carbocycles. The molecule has 0 heterocycles. The number of rotatable bonds is 9. The quantitative estimate of drug-likeness (QED) is 0.471. The van der Waals surface area contributed by atoms with Gasteiger partial charge in [0.05, 0.1) is 6.54 Å². The van der Waals surface area contributed by atoms with Crippen LogP contribution in [-0.2, 0) is 6.54 Å². The predicted octanol–water partition coefficient (Wildman–Crippen LogP) is 1.96. The Kier molecular flexibility index (Phi) is 8.99. The van der Waals surface area contributed by atoms with Crippen molar-refractivity contribution >= 4 is 11.9 Å². The molecule has 140 valence electrons. The Labute approximate surface area is 151 Å². The van der Waals surface area contributed by atoms with E-state index in [1.54, 1.807) is 12.1 Å². The van der Waals surface area contributed by atoms with Gasteiger partial charge in [-0.3, -0.25) is 9.69 Å². The summed E-state index contributed by atoms with van der Waals surface area (Å²) in [5, 5.41) is 6.64. The highest BCUT2D eigenvalue weighted by Gasteiger charge is 2.12. The van der Waals surface area contributed by atoms with Gasteiger partial charge in [-0.25, -0.2) is 4.99 Å². The van der Waals surface area contributed by atoms with E-state index in [0.29, 0.717) is 24.2 Å². The van der Waals surface area contributed by atoms with Crippen molar-refractivity contribution in [2.45, 2.75) is 53.2 Å². The van der Waals surface area contributed by atoms with Crippen LogP contribution in [0.4, 0.5) is 0 Å². The molecule has 0 saturated heterocycles. The van der Waals surface area contributed by atoms with Gasteiger partial charge in [0.1, 0.15) is 0 Å². The van der Waals surface area contributed by atoms with E-state index in [1.165, 1.54) is 0 Å². The van der Waals surface area contributed by atoms with Crippen LogP contribution in [0, 0.1) is 0 Å². The van der Waals surface area contributed by atoms with Crippen molar-refractivity contribution < 1.29 is 4.79 Å². The Bertz CT molecular complexity index is 543. The number of nitrogens with one attached hydrogen (secondary N) is 2. The number of amides is 1. The number of carbonyl (C=O) groups excluding carboxylic acids is 1. The molecular formula is C19H33N5O. The molecule has 0 fully saturated rings. The zero-order valence-corrected chi connectivity index (χ0v) is 16.2. The lowest BCUT2D eigenvalue weighted by Crippen LogP contribution is -2.45. The minimum absolute atomic E-state index is 0.412. The molecule has 0 saturated carbocycles. The second-order valence-electron chi connectivity index (χ2n) is 6.61. The highest BCUT2D eigenvalue weighted by molar-refractivity contribution is 5.92. The molecule has 1 rings (SSSR count). The monoisotopic (exact) mass is 347 g/mol. The van der Waals surface area contributed by atoms with Crippen LogP contribution in [0.1, 0.15) is 50.5 Å². The van der Waals surface area contributed by atoms with E-state index < -0.39 is 5.91 Å². The van der Waals surface area contributed by atoms with Gasteiger partial charge < -0.3 is 16.4 Å². The van der Waals surface area contributed by atoms with Crippen molar-refractivity contribution in [2.75, 3.05) is 19.6 Å². The lowest BCUT2D eigenvalue weighted by molar-refractivity contribution is 0.100. The van der Waals surface area contributed by atoms with Gasteiger partial charge in [-0.1, -0.05) is 12.1 Å². The van der Waals surface area contributed by atoms with E-state index in [4.69, 9.17) is 5.73 Å². The van der Waals surface area contributed by atoms with Crippen molar-refractivity contribution in [1.82, 2.24) is 15.5 Å². The van der Waals surface area contributed by atoms with Crippen molar-refractivity contribution in [3.8, 4) is 0 Å². The number of aliphatic imine (C=N–C) groups is 1. The van der Waals surface area contributed by atoms with Crippen molar-refractivity contribution in [3.63, 3.8) is 0 Å². The Morgan fingerprint density at radius 3 is 2.20 bits per heavy atom. The van der Waals surface area contributed by atoms with Crippen LogP contribution in [0.2, 0.25) is 0 Å². The van der Waals surface area contributed by atoms with E-state index >= 15 is 0 Å². The first-order valence-corrected chi connectivity index (χ1v) is 9.01. The summed E-state index contributed by atoms with van der Waals surface area (Å²) in [4.78, 5) is 18.2. The first kappa shape index (κ1) is 21.0. The molecule has 0 spiro atoms. The first-order chi connectivity index (χ1) is 11.8. The fraction of sp³-hybridized carbons (Fsp3) is 0.579. The van der Waals surface area contributed by atoms with Crippen molar-refractivity contribution in [1.29, 1.82) is 0 Å². The number of primary amides is 1. The molecule has 0 atom stereocenters. The largest absolute Gasteiger partial charge is 0.366 e. The van der Waals surface area contributed by atoms with Crippen LogP contribution >= 0.6 is 0 Å². The Morgan fingerprint density at radius 1 is 1.12 bits per heavy atom. The Hall–Kier alpha value is -2.08. The Balaban J connectivity index is 2.60. The second-order valence-corrected chi connectivity index (χ2v) is 6.61. The average Bonchev–Trinajstić information content (AvgIpc) is 2.56. The minimum Gasteiger partial charge on any atom is -0.366 e. The molecule has 0 unspecified atom stereocenters.